The Balaban J connectivity index is 2.20. The topological polar surface area (TPSA) is 46.3 Å². The van der Waals surface area contributed by atoms with E-state index in [9.17, 15) is 4.79 Å². The van der Waals surface area contributed by atoms with Gasteiger partial charge in [0.05, 0.1) is 16.6 Å². The Hall–Kier alpha value is -0.770. The van der Waals surface area contributed by atoms with E-state index in [1.807, 2.05) is 12.1 Å². The lowest BCUT2D eigenvalue weighted by Crippen LogP contribution is -2.33. The fourth-order valence-electron chi connectivity index (χ4n) is 2.31. The first-order valence-corrected chi connectivity index (χ1v) is 6.31. The molecule has 1 saturated heterocycles. The van der Waals surface area contributed by atoms with E-state index in [2.05, 4.69) is 4.90 Å². The number of nitrogens with zero attached hydrogens (tertiary/aromatic N) is 1. The third kappa shape index (κ3) is 2.92. The molecule has 2 N–H and O–H groups in total. The van der Waals surface area contributed by atoms with E-state index in [1.54, 1.807) is 6.07 Å². The van der Waals surface area contributed by atoms with E-state index < -0.39 is 0 Å². The number of likely N-dealkylation sites (tertiary alicyclic amines) is 1. The van der Waals surface area contributed by atoms with Crippen molar-refractivity contribution < 1.29 is 4.79 Å². The SMILES string of the molecule is NC(=O)CN1CCC[C@H]1c1ccc(Cl)c(Cl)c1. The van der Waals surface area contributed by atoms with Crippen molar-refractivity contribution in [2.75, 3.05) is 13.1 Å². The van der Waals surface area contributed by atoms with Crippen LogP contribution in [0, 0.1) is 0 Å². The summed E-state index contributed by atoms with van der Waals surface area (Å²) in [4.78, 5) is 13.1. The Morgan fingerprint density at radius 1 is 1.41 bits per heavy atom. The van der Waals surface area contributed by atoms with Crippen LogP contribution in [0.25, 0.3) is 0 Å². The van der Waals surface area contributed by atoms with E-state index in [4.69, 9.17) is 28.9 Å². The normalized spacial score (nSPS) is 20.7. The van der Waals surface area contributed by atoms with Gasteiger partial charge < -0.3 is 5.73 Å². The van der Waals surface area contributed by atoms with Gasteiger partial charge in [0.15, 0.2) is 0 Å². The molecule has 5 heteroatoms. The van der Waals surface area contributed by atoms with E-state index in [0.29, 0.717) is 16.6 Å². The van der Waals surface area contributed by atoms with Crippen molar-refractivity contribution >= 4 is 29.1 Å². The van der Waals surface area contributed by atoms with Gasteiger partial charge in [-0.2, -0.15) is 0 Å². The lowest BCUT2D eigenvalue weighted by Gasteiger charge is -2.23. The molecule has 3 nitrogen and oxygen atoms in total. The number of rotatable bonds is 3. The predicted octanol–water partition coefficient (Wildman–Crippen LogP) is 2.62. The van der Waals surface area contributed by atoms with Crippen LogP contribution >= 0.6 is 23.2 Å². The number of carbonyl (C=O) groups is 1. The molecule has 1 aliphatic rings. The Labute approximate surface area is 110 Å². The summed E-state index contributed by atoms with van der Waals surface area (Å²) in [6, 6.07) is 5.84. The minimum Gasteiger partial charge on any atom is -0.369 e. The van der Waals surface area contributed by atoms with Crippen LogP contribution in [-0.2, 0) is 4.79 Å². The molecule has 0 saturated carbocycles. The molecule has 17 heavy (non-hydrogen) atoms. The number of hydrogen-bond donors (Lipinski definition) is 1. The predicted molar refractivity (Wildman–Crippen MR) is 69.2 cm³/mol. The fraction of sp³-hybridized carbons (Fsp3) is 0.417. The highest BCUT2D eigenvalue weighted by Gasteiger charge is 2.27. The van der Waals surface area contributed by atoms with Crippen LogP contribution in [0.5, 0.6) is 0 Å². The summed E-state index contributed by atoms with van der Waals surface area (Å²) in [6.07, 6.45) is 2.09. The minimum absolute atomic E-state index is 0.220. The van der Waals surface area contributed by atoms with Crippen LogP contribution in [0.1, 0.15) is 24.4 Å². The van der Waals surface area contributed by atoms with Crippen molar-refractivity contribution in [3.63, 3.8) is 0 Å². The zero-order valence-electron chi connectivity index (χ0n) is 9.33. The van der Waals surface area contributed by atoms with Gasteiger partial charge in [0.1, 0.15) is 0 Å². The molecule has 1 atom stereocenters. The summed E-state index contributed by atoms with van der Waals surface area (Å²) in [5.74, 6) is -0.294. The summed E-state index contributed by atoms with van der Waals surface area (Å²) in [5, 5.41) is 1.10. The molecule has 1 aliphatic heterocycles. The molecule has 0 aromatic heterocycles. The highest BCUT2D eigenvalue weighted by Crippen LogP contribution is 2.34. The second-order valence-corrected chi connectivity index (χ2v) is 5.08. The lowest BCUT2D eigenvalue weighted by atomic mass is 10.0. The molecular weight excluding hydrogens is 259 g/mol. The zero-order valence-corrected chi connectivity index (χ0v) is 10.8. The first-order valence-electron chi connectivity index (χ1n) is 5.55. The van der Waals surface area contributed by atoms with Crippen molar-refractivity contribution in [1.82, 2.24) is 4.90 Å². The molecule has 0 spiro atoms. The Morgan fingerprint density at radius 3 is 2.82 bits per heavy atom. The lowest BCUT2D eigenvalue weighted by molar-refractivity contribution is -0.119. The maximum Gasteiger partial charge on any atom is 0.231 e. The largest absolute Gasteiger partial charge is 0.369 e. The monoisotopic (exact) mass is 272 g/mol. The molecular formula is C12H14Cl2N2O. The van der Waals surface area contributed by atoms with Gasteiger partial charge in [-0.3, -0.25) is 9.69 Å². The third-order valence-electron chi connectivity index (χ3n) is 3.05. The van der Waals surface area contributed by atoms with Crippen LogP contribution < -0.4 is 5.73 Å². The first-order chi connectivity index (χ1) is 8.08. The van der Waals surface area contributed by atoms with Gasteiger partial charge in [0, 0.05) is 6.04 Å². The van der Waals surface area contributed by atoms with Crippen molar-refractivity contribution in [3.05, 3.63) is 33.8 Å². The standard InChI is InChI=1S/C12H14Cl2N2O/c13-9-4-3-8(6-10(9)14)11-2-1-5-16(11)7-12(15)17/h3-4,6,11H,1-2,5,7H2,(H2,15,17)/t11-/m0/s1. The van der Waals surface area contributed by atoms with Crippen LogP contribution in [0.2, 0.25) is 10.0 Å². The maximum atomic E-state index is 11.0. The second-order valence-electron chi connectivity index (χ2n) is 4.27. The van der Waals surface area contributed by atoms with Gasteiger partial charge in [-0.15, -0.1) is 0 Å². The van der Waals surface area contributed by atoms with Gasteiger partial charge in [-0.1, -0.05) is 29.3 Å². The Bertz CT molecular complexity index is 437. The van der Waals surface area contributed by atoms with E-state index in [-0.39, 0.29) is 11.9 Å². The number of hydrogen-bond acceptors (Lipinski definition) is 2. The summed E-state index contributed by atoms with van der Waals surface area (Å²) in [5.41, 5.74) is 6.33. The Morgan fingerprint density at radius 2 is 2.18 bits per heavy atom. The van der Waals surface area contributed by atoms with Crippen LogP contribution in [0.3, 0.4) is 0 Å². The van der Waals surface area contributed by atoms with E-state index in [1.165, 1.54) is 0 Å². The van der Waals surface area contributed by atoms with Crippen LogP contribution in [-0.4, -0.2) is 23.9 Å². The minimum atomic E-state index is -0.294. The number of carbonyl (C=O) groups excluding carboxylic acids is 1. The van der Waals surface area contributed by atoms with Gasteiger partial charge in [-0.05, 0) is 37.1 Å². The molecule has 1 heterocycles. The molecule has 2 rings (SSSR count). The van der Waals surface area contributed by atoms with Gasteiger partial charge >= 0.3 is 0 Å². The summed E-state index contributed by atoms with van der Waals surface area (Å²) < 4.78 is 0. The fourth-order valence-corrected chi connectivity index (χ4v) is 2.62. The molecule has 92 valence electrons. The molecule has 1 aromatic carbocycles. The quantitative estimate of drug-likeness (QED) is 0.920. The second kappa shape index (κ2) is 5.25. The molecule has 0 unspecified atom stereocenters. The summed E-state index contributed by atoms with van der Waals surface area (Å²) in [6.45, 7) is 1.19. The van der Waals surface area contributed by atoms with Crippen molar-refractivity contribution in [2.45, 2.75) is 18.9 Å². The molecule has 0 radical (unpaired) electrons. The molecule has 1 amide bonds. The van der Waals surface area contributed by atoms with E-state index in [0.717, 1.165) is 24.9 Å². The van der Waals surface area contributed by atoms with Crippen LogP contribution in [0.15, 0.2) is 18.2 Å². The summed E-state index contributed by atoms with van der Waals surface area (Å²) in [7, 11) is 0. The van der Waals surface area contributed by atoms with Gasteiger partial charge in [0.2, 0.25) is 5.91 Å². The smallest absolute Gasteiger partial charge is 0.231 e. The number of benzene rings is 1. The molecule has 1 aromatic rings. The molecule has 1 fully saturated rings. The number of halogens is 2. The summed E-state index contributed by atoms with van der Waals surface area (Å²) >= 11 is 11.9. The zero-order chi connectivity index (χ0) is 12.4. The van der Waals surface area contributed by atoms with Crippen molar-refractivity contribution in [3.8, 4) is 0 Å². The highest BCUT2D eigenvalue weighted by atomic mass is 35.5. The van der Waals surface area contributed by atoms with Crippen LogP contribution in [0.4, 0.5) is 0 Å². The number of primary amides is 1. The number of amides is 1. The average molecular weight is 273 g/mol. The van der Waals surface area contributed by atoms with E-state index >= 15 is 0 Å². The van der Waals surface area contributed by atoms with Crippen molar-refractivity contribution in [1.29, 1.82) is 0 Å². The van der Waals surface area contributed by atoms with Gasteiger partial charge in [-0.25, -0.2) is 0 Å². The maximum absolute atomic E-state index is 11.0. The first kappa shape index (κ1) is 12.7. The Kier molecular flexibility index (Phi) is 3.92. The average Bonchev–Trinajstić information content (AvgIpc) is 2.69. The number of nitrogens with two attached hydrogens (primary N) is 1. The third-order valence-corrected chi connectivity index (χ3v) is 3.79. The highest BCUT2D eigenvalue weighted by molar-refractivity contribution is 6.42. The molecule has 0 bridgehead atoms. The molecule has 0 aliphatic carbocycles. The van der Waals surface area contributed by atoms with Crippen molar-refractivity contribution in [2.24, 2.45) is 5.73 Å². The van der Waals surface area contributed by atoms with Gasteiger partial charge in [0.25, 0.3) is 0 Å².